The van der Waals surface area contributed by atoms with Crippen LogP contribution in [0.25, 0.3) is 0 Å². The summed E-state index contributed by atoms with van der Waals surface area (Å²) < 4.78 is 26.3. The van der Waals surface area contributed by atoms with E-state index in [2.05, 4.69) is 0 Å². The molecule has 0 saturated carbocycles. The second-order valence-electron chi connectivity index (χ2n) is 5.80. The summed E-state index contributed by atoms with van der Waals surface area (Å²) in [6.07, 6.45) is 0. The zero-order valence-corrected chi connectivity index (χ0v) is 12.7. The number of aliphatic hydroxyl groups is 1. The first kappa shape index (κ1) is 14.5. The Balaban J connectivity index is 2.26. The van der Waals surface area contributed by atoms with Gasteiger partial charge in [0.15, 0.2) is 0 Å². The van der Waals surface area contributed by atoms with Crippen LogP contribution in [0.3, 0.4) is 0 Å². The van der Waals surface area contributed by atoms with E-state index in [-0.39, 0.29) is 19.0 Å². The molecule has 0 amide bonds. The second-order valence-corrected chi connectivity index (χ2v) is 7.71. The molecular formula is C14H21NO3S. The summed E-state index contributed by atoms with van der Waals surface area (Å²) in [5, 5.41) is 10.2. The topological polar surface area (TPSA) is 57.6 Å². The molecule has 1 saturated heterocycles. The molecule has 0 spiro atoms. The van der Waals surface area contributed by atoms with Gasteiger partial charge < -0.3 is 5.11 Å². The van der Waals surface area contributed by atoms with Crippen LogP contribution in [0.15, 0.2) is 23.1 Å². The fraction of sp³-hybridized carbons (Fsp3) is 0.571. The monoisotopic (exact) mass is 283 g/mol. The van der Waals surface area contributed by atoms with Gasteiger partial charge in [-0.2, -0.15) is 4.31 Å². The van der Waals surface area contributed by atoms with Gasteiger partial charge in [0.05, 0.1) is 10.5 Å². The molecule has 5 heteroatoms. The molecule has 106 valence electrons. The summed E-state index contributed by atoms with van der Waals surface area (Å²) in [4.78, 5) is 0.337. The van der Waals surface area contributed by atoms with Gasteiger partial charge in [0.25, 0.3) is 0 Å². The van der Waals surface area contributed by atoms with Crippen LogP contribution in [0.5, 0.6) is 0 Å². The van der Waals surface area contributed by atoms with Crippen molar-refractivity contribution in [3.05, 3.63) is 29.3 Å². The standard InChI is InChI=1S/C14H21NO3S/c1-10(2)14(16)8-15(9-14)19(17,18)13-6-5-11(3)7-12(13)4/h5-7,10,16H,8-9H2,1-4H3. The maximum absolute atomic E-state index is 12.5. The van der Waals surface area contributed by atoms with E-state index >= 15 is 0 Å². The van der Waals surface area contributed by atoms with Crippen molar-refractivity contribution in [1.29, 1.82) is 0 Å². The van der Waals surface area contributed by atoms with E-state index < -0.39 is 15.6 Å². The molecule has 1 aromatic rings. The average molecular weight is 283 g/mol. The molecule has 0 atom stereocenters. The van der Waals surface area contributed by atoms with E-state index in [1.165, 1.54) is 4.31 Å². The zero-order chi connectivity index (χ0) is 14.4. The first-order valence-corrected chi connectivity index (χ1v) is 7.90. The number of sulfonamides is 1. The maximum atomic E-state index is 12.5. The van der Waals surface area contributed by atoms with Crippen molar-refractivity contribution >= 4 is 10.0 Å². The summed E-state index contributed by atoms with van der Waals surface area (Å²) in [5.74, 6) is 0.0538. The number of hydrogen-bond acceptors (Lipinski definition) is 3. The molecule has 1 aliphatic rings. The molecular weight excluding hydrogens is 262 g/mol. The van der Waals surface area contributed by atoms with Crippen molar-refractivity contribution in [2.24, 2.45) is 5.92 Å². The predicted molar refractivity (Wildman–Crippen MR) is 74.5 cm³/mol. The molecule has 1 heterocycles. The lowest BCUT2D eigenvalue weighted by molar-refractivity contribution is -0.0932. The molecule has 1 fully saturated rings. The number of aryl methyl sites for hydroxylation is 2. The van der Waals surface area contributed by atoms with Gasteiger partial charge in [0.1, 0.15) is 0 Å². The van der Waals surface area contributed by atoms with Crippen LogP contribution in [0, 0.1) is 19.8 Å². The normalized spacial score (nSPS) is 19.5. The van der Waals surface area contributed by atoms with Gasteiger partial charge >= 0.3 is 0 Å². The van der Waals surface area contributed by atoms with Gasteiger partial charge in [0, 0.05) is 13.1 Å². The van der Waals surface area contributed by atoms with Crippen molar-refractivity contribution in [1.82, 2.24) is 4.31 Å². The fourth-order valence-electron chi connectivity index (χ4n) is 2.33. The van der Waals surface area contributed by atoms with Crippen LogP contribution in [-0.4, -0.2) is 36.5 Å². The van der Waals surface area contributed by atoms with E-state index in [0.717, 1.165) is 11.1 Å². The summed E-state index contributed by atoms with van der Waals surface area (Å²) >= 11 is 0. The third kappa shape index (κ3) is 2.42. The summed E-state index contributed by atoms with van der Waals surface area (Å²) in [5.41, 5.74) is 0.907. The van der Waals surface area contributed by atoms with Crippen LogP contribution in [0.1, 0.15) is 25.0 Å². The highest BCUT2D eigenvalue weighted by atomic mass is 32.2. The molecule has 4 nitrogen and oxygen atoms in total. The van der Waals surface area contributed by atoms with Crippen LogP contribution >= 0.6 is 0 Å². The van der Waals surface area contributed by atoms with E-state index in [4.69, 9.17) is 0 Å². The predicted octanol–water partition coefficient (Wildman–Crippen LogP) is 1.69. The Morgan fingerprint density at radius 1 is 1.26 bits per heavy atom. The molecule has 0 aromatic heterocycles. The van der Waals surface area contributed by atoms with Gasteiger partial charge in [0.2, 0.25) is 10.0 Å². The van der Waals surface area contributed by atoms with Crippen LogP contribution in [-0.2, 0) is 10.0 Å². The summed E-state index contributed by atoms with van der Waals surface area (Å²) in [6, 6.07) is 5.31. The highest BCUT2D eigenvalue weighted by molar-refractivity contribution is 7.89. The molecule has 1 aromatic carbocycles. The number of rotatable bonds is 3. The Morgan fingerprint density at radius 2 is 1.84 bits per heavy atom. The minimum Gasteiger partial charge on any atom is -0.387 e. The van der Waals surface area contributed by atoms with Crippen LogP contribution < -0.4 is 0 Å². The quantitative estimate of drug-likeness (QED) is 0.918. The molecule has 0 aliphatic carbocycles. The van der Waals surface area contributed by atoms with Crippen LogP contribution in [0.4, 0.5) is 0 Å². The molecule has 2 rings (SSSR count). The number of benzene rings is 1. The third-order valence-corrected chi connectivity index (χ3v) is 5.88. The van der Waals surface area contributed by atoms with E-state index in [9.17, 15) is 13.5 Å². The lowest BCUT2D eigenvalue weighted by atomic mass is 9.85. The molecule has 1 aliphatic heterocycles. The lowest BCUT2D eigenvalue weighted by Gasteiger charge is -2.48. The molecule has 1 N–H and O–H groups in total. The minimum atomic E-state index is -3.48. The maximum Gasteiger partial charge on any atom is 0.243 e. The highest BCUT2D eigenvalue weighted by Gasteiger charge is 2.49. The number of β-amino-alcohol motifs (C(OH)–C–C–N with tert-alkyl or cyclic N) is 1. The van der Waals surface area contributed by atoms with Crippen LogP contribution in [0.2, 0.25) is 0 Å². The Morgan fingerprint density at radius 3 is 2.32 bits per heavy atom. The third-order valence-electron chi connectivity index (χ3n) is 3.92. The largest absolute Gasteiger partial charge is 0.387 e. The Labute approximate surface area is 115 Å². The lowest BCUT2D eigenvalue weighted by Crippen LogP contribution is -2.65. The Bertz CT molecular complexity index is 587. The molecule has 0 unspecified atom stereocenters. The average Bonchev–Trinajstić information content (AvgIpc) is 2.23. The number of hydrogen-bond donors (Lipinski definition) is 1. The fourth-order valence-corrected chi connectivity index (χ4v) is 4.10. The van der Waals surface area contributed by atoms with Crippen molar-refractivity contribution < 1.29 is 13.5 Å². The first-order valence-electron chi connectivity index (χ1n) is 6.46. The highest BCUT2D eigenvalue weighted by Crippen LogP contribution is 2.34. The summed E-state index contributed by atoms with van der Waals surface area (Å²) in [7, 11) is -3.48. The molecule has 0 radical (unpaired) electrons. The van der Waals surface area contributed by atoms with Crippen molar-refractivity contribution in [3.63, 3.8) is 0 Å². The van der Waals surface area contributed by atoms with Crippen molar-refractivity contribution in [3.8, 4) is 0 Å². The van der Waals surface area contributed by atoms with Crippen molar-refractivity contribution in [2.45, 2.75) is 38.2 Å². The zero-order valence-electron chi connectivity index (χ0n) is 11.8. The summed E-state index contributed by atoms with van der Waals surface area (Å²) in [6.45, 7) is 7.90. The van der Waals surface area contributed by atoms with Gasteiger partial charge in [-0.15, -0.1) is 0 Å². The van der Waals surface area contributed by atoms with E-state index in [1.807, 2.05) is 26.8 Å². The van der Waals surface area contributed by atoms with Crippen molar-refractivity contribution in [2.75, 3.05) is 13.1 Å². The van der Waals surface area contributed by atoms with Gasteiger partial charge in [-0.3, -0.25) is 0 Å². The Kier molecular flexibility index (Phi) is 3.49. The number of nitrogens with zero attached hydrogens (tertiary/aromatic N) is 1. The van der Waals surface area contributed by atoms with Gasteiger partial charge in [-0.25, -0.2) is 8.42 Å². The molecule has 19 heavy (non-hydrogen) atoms. The SMILES string of the molecule is Cc1ccc(S(=O)(=O)N2CC(O)(C(C)C)C2)c(C)c1. The van der Waals surface area contributed by atoms with Gasteiger partial charge in [-0.1, -0.05) is 31.5 Å². The second kappa shape index (κ2) is 4.58. The van der Waals surface area contributed by atoms with E-state index in [0.29, 0.717) is 4.90 Å². The Hall–Kier alpha value is -0.910. The van der Waals surface area contributed by atoms with E-state index in [1.54, 1.807) is 19.1 Å². The first-order chi connectivity index (χ1) is 8.67. The van der Waals surface area contributed by atoms with Gasteiger partial charge in [-0.05, 0) is 31.4 Å². The molecule has 0 bridgehead atoms. The smallest absolute Gasteiger partial charge is 0.243 e. The minimum absolute atomic E-state index is 0.0538.